The lowest BCUT2D eigenvalue weighted by Gasteiger charge is -2.14. The van der Waals surface area contributed by atoms with Gasteiger partial charge in [0.15, 0.2) is 17.5 Å². The minimum absolute atomic E-state index is 0.555. The van der Waals surface area contributed by atoms with Crippen molar-refractivity contribution in [1.29, 1.82) is 0 Å². The van der Waals surface area contributed by atoms with Crippen LogP contribution in [-0.2, 0) is 0 Å². The molecule has 0 saturated carbocycles. The standard InChI is InChI=1S/C51H31N3OS/c1-4-14-32(15-5-1)33-24-26-36(27-25-33)50-52-49(35-18-8-3-9-19-35)53-51(54-50)40-29-28-38(47-39-21-10-12-22-44(39)55-48(40)47)42-30-43-37-20-11-13-23-45(37)56-46(43)31-41(42)34-16-6-2-7-17-34/h1-31H. The van der Waals surface area contributed by atoms with Crippen LogP contribution in [0.4, 0.5) is 0 Å². The molecule has 262 valence electrons. The second-order valence-corrected chi connectivity index (χ2v) is 15.0. The Balaban J connectivity index is 1.16. The zero-order valence-corrected chi connectivity index (χ0v) is 30.9. The topological polar surface area (TPSA) is 51.8 Å². The second-order valence-electron chi connectivity index (χ2n) is 13.9. The molecule has 0 unspecified atom stereocenters. The molecule has 0 fully saturated rings. The van der Waals surface area contributed by atoms with E-state index in [1.54, 1.807) is 0 Å². The third kappa shape index (κ3) is 5.48. The third-order valence-corrected chi connectivity index (χ3v) is 11.7. The quantitative estimate of drug-likeness (QED) is 0.171. The summed E-state index contributed by atoms with van der Waals surface area (Å²) in [6.45, 7) is 0. The third-order valence-electron chi connectivity index (χ3n) is 10.6. The number of thiophene rings is 1. The first-order valence-corrected chi connectivity index (χ1v) is 19.5. The summed E-state index contributed by atoms with van der Waals surface area (Å²) in [5.41, 5.74) is 11.1. The van der Waals surface area contributed by atoms with Crippen LogP contribution in [0.1, 0.15) is 0 Å². The number of furan rings is 1. The first-order chi connectivity index (χ1) is 27.7. The minimum atomic E-state index is 0.555. The second kappa shape index (κ2) is 13.3. The van der Waals surface area contributed by atoms with Crippen molar-refractivity contribution in [1.82, 2.24) is 15.0 Å². The molecule has 56 heavy (non-hydrogen) atoms. The molecule has 11 rings (SSSR count). The monoisotopic (exact) mass is 733 g/mol. The fraction of sp³-hybridized carbons (Fsp3) is 0. The van der Waals surface area contributed by atoms with E-state index in [4.69, 9.17) is 19.4 Å². The summed E-state index contributed by atoms with van der Waals surface area (Å²) in [5, 5.41) is 4.59. The Labute approximate surface area is 327 Å². The summed E-state index contributed by atoms with van der Waals surface area (Å²) in [6, 6.07) is 65.7. The van der Waals surface area contributed by atoms with Gasteiger partial charge >= 0.3 is 0 Å². The van der Waals surface area contributed by atoms with Gasteiger partial charge in [-0.1, -0.05) is 158 Å². The van der Waals surface area contributed by atoms with Crippen molar-refractivity contribution in [2.24, 2.45) is 0 Å². The molecular formula is C51H31N3OS. The molecule has 3 aromatic heterocycles. The van der Waals surface area contributed by atoms with Crippen LogP contribution in [-0.4, -0.2) is 15.0 Å². The Kier molecular flexibility index (Phi) is 7.64. The van der Waals surface area contributed by atoms with Crippen molar-refractivity contribution in [3.05, 3.63) is 188 Å². The zero-order valence-electron chi connectivity index (χ0n) is 30.1. The minimum Gasteiger partial charge on any atom is -0.455 e. The maximum absolute atomic E-state index is 6.85. The lowest BCUT2D eigenvalue weighted by molar-refractivity contribution is 0.669. The first-order valence-electron chi connectivity index (χ1n) is 18.7. The fourth-order valence-electron chi connectivity index (χ4n) is 7.86. The number of fused-ring (bicyclic) bond motifs is 6. The molecule has 3 heterocycles. The average molecular weight is 734 g/mol. The molecule has 5 heteroatoms. The summed E-state index contributed by atoms with van der Waals surface area (Å²) < 4.78 is 9.39. The number of hydrogen-bond acceptors (Lipinski definition) is 5. The van der Waals surface area contributed by atoms with Gasteiger partial charge in [0.25, 0.3) is 0 Å². The molecule has 0 bridgehead atoms. The summed E-state index contributed by atoms with van der Waals surface area (Å²) >= 11 is 1.84. The van der Waals surface area contributed by atoms with E-state index in [2.05, 4.69) is 140 Å². The van der Waals surface area contributed by atoms with Gasteiger partial charge in [0.1, 0.15) is 11.2 Å². The Morgan fingerprint density at radius 1 is 0.339 bits per heavy atom. The zero-order chi connectivity index (χ0) is 37.0. The number of rotatable bonds is 6. The summed E-state index contributed by atoms with van der Waals surface area (Å²) in [6.07, 6.45) is 0. The lowest BCUT2D eigenvalue weighted by Crippen LogP contribution is -2.00. The van der Waals surface area contributed by atoms with Gasteiger partial charge in [0, 0.05) is 42.1 Å². The van der Waals surface area contributed by atoms with Crippen molar-refractivity contribution < 1.29 is 4.42 Å². The molecule has 0 spiro atoms. The van der Waals surface area contributed by atoms with E-state index in [1.807, 2.05) is 59.9 Å². The van der Waals surface area contributed by atoms with Crippen LogP contribution in [0.15, 0.2) is 192 Å². The van der Waals surface area contributed by atoms with Crippen molar-refractivity contribution in [3.63, 3.8) is 0 Å². The van der Waals surface area contributed by atoms with Crippen LogP contribution in [0.5, 0.6) is 0 Å². The van der Waals surface area contributed by atoms with Crippen LogP contribution in [0, 0.1) is 0 Å². The van der Waals surface area contributed by atoms with Crippen LogP contribution in [0.25, 0.3) is 110 Å². The van der Waals surface area contributed by atoms with Gasteiger partial charge in [0.05, 0.1) is 5.56 Å². The van der Waals surface area contributed by atoms with Gasteiger partial charge in [-0.3, -0.25) is 0 Å². The summed E-state index contributed by atoms with van der Waals surface area (Å²) in [5.74, 6) is 1.76. The van der Waals surface area contributed by atoms with E-state index in [-0.39, 0.29) is 0 Å². The van der Waals surface area contributed by atoms with Crippen LogP contribution in [0.2, 0.25) is 0 Å². The van der Waals surface area contributed by atoms with Gasteiger partial charge < -0.3 is 4.42 Å². The van der Waals surface area contributed by atoms with E-state index in [0.29, 0.717) is 17.5 Å². The predicted molar refractivity (Wildman–Crippen MR) is 233 cm³/mol. The van der Waals surface area contributed by atoms with Gasteiger partial charge in [-0.15, -0.1) is 11.3 Å². The average Bonchev–Trinajstić information content (AvgIpc) is 3.85. The maximum Gasteiger partial charge on any atom is 0.167 e. The van der Waals surface area contributed by atoms with Gasteiger partial charge in [0.2, 0.25) is 0 Å². The Hall–Kier alpha value is -7.21. The molecule has 0 N–H and O–H groups in total. The van der Waals surface area contributed by atoms with Crippen LogP contribution >= 0.6 is 11.3 Å². The molecule has 11 aromatic rings. The molecule has 0 radical (unpaired) electrons. The largest absolute Gasteiger partial charge is 0.455 e. The Morgan fingerprint density at radius 2 is 0.875 bits per heavy atom. The molecule has 4 nitrogen and oxygen atoms in total. The fourth-order valence-corrected chi connectivity index (χ4v) is 8.99. The van der Waals surface area contributed by atoms with Crippen molar-refractivity contribution >= 4 is 53.4 Å². The van der Waals surface area contributed by atoms with Gasteiger partial charge in [-0.2, -0.15) is 0 Å². The molecule has 8 aromatic carbocycles. The maximum atomic E-state index is 6.85. The van der Waals surface area contributed by atoms with Crippen molar-refractivity contribution in [3.8, 4) is 67.5 Å². The SMILES string of the molecule is c1ccc(-c2ccc(-c3nc(-c4ccccc4)nc(-c4ccc(-c5cc6c(cc5-c5ccccc5)sc5ccccc56)c5c4oc4ccccc45)n3)cc2)cc1. The number of hydrogen-bond donors (Lipinski definition) is 0. The highest BCUT2D eigenvalue weighted by atomic mass is 32.1. The van der Waals surface area contributed by atoms with E-state index in [1.165, 1.54) is 31.3 Å². The molecule has 0 amide bonds. The smallest absolute Gasteiger partial charge is 0.167 e. The van der Waals surface area contributed by atoms with E-state index < -0.39 is 0 Å². The van der Waals surface area contributed by atoms with E-state index >= 15 is 0 Å². The molecule has 0 aliphatic carbocycles. The number of aromatic nitrogens is 3. The molecular weight excluding hydrogens is 703 g/mol. The molecule has 0 aliphatic rings. The highest BCUT2D eigenvalue weighted by Gasteiger charge is 2.23. The van der Waals surface area contributed by atoms with Gasteiger partial charge in [-0.05, 0) is 63.7 Å². The highest BCUT2D eigenvalue weighted by Crippen LogP contribution is 2.47. The van der Waals surface area contributed by atoms with E-state index in [9.17, 15) is 0 Å². The van der Waals surface area contributed by atoms with E-state index in [0.717, 1.165) is 60.9 Å². The first kappa shape index (κ1) is 32.2. The number of benzene rings is 8. The molecule has 0 aliphatic heterocycles. The molecule has 0 atom stereocenters. The van der Waals surface area contributed by atoms with Crippen LogP contribution < -0.4 is 0 Å². The van der Waals surface area contributed by atoms with Crippen LogP contribution in [0.3, 0.4) is 0 Å². The summed E-state index contributed by atoms with van der Waals surface area (Å²) in [7, 11) is 0. The Morgan fingerprint density at radius 3 is 1.61 bits per heavy atom. The van der Waals surface area contributed by atoms with Crippen molar-refractivity contribution in [2.45, 2.75) is 0 Å². The number of nitrogens with zero attached hydrogens (tertiary/aromatic N) is 3. The Bertz CT molecular complexity index is 3230. The molecule has 0 saturated heterocycles. The van der Waals surface area contributed by atoms with Crippen molar-refractivity contribution in [2.75, 3.05) is 0 Å². The normalized spacial score (nSPS) is 11.6. The lowest BCUT2D eigenvalue weighted by atomic mass is 9.89. The summed E-state index contributed by atoms with van der Waals surface area (Å²) in [4.78, 5) is 15.3. The van der Waals surface area contributed by atoms with Gasteiger partial charge in [-0.25, -0.2) is 15.0 Å². The number of para-hydroxylation sites is 1. The predicted octanol–water partition coefficient (Wildman–Crippen LogP) is 14.1. The highest BCUT2D eigenvalue weighted by molar-refractivity contribution is 7.25.